The minimum atomic E-state index is -4.78. The number of phosphoric ester groups is 1. The molecule has 0 aliphatic heterocycles. The highest BCUT2D eigenvalue weighted by Gasteiger charge is 2.28. The van der Waals surface area contributed by atoms with E-state index >= 15 is 0 Å². The Morgan fingerprint density at radius 1 is 0.392 bits per heavy atom. The van der Waals surface area contributed by atoms with E-state index in [2.05, 4.69) is 124 Å². The lowest BCUT2D eigenvalue weighted by Crippen LogP contribution is -2.30. The number of unbranched alkanes of at least 4 members (excludes halogenated alkanes) is 14. The molecule has 2 N–H and O–H groups in total. The van der Waals surface area contributed by atoms with Gasteiger partial charge in [-0.2, -0.15) is 0 Å². The quantitative estimate of drug-likeness (QED) is 0.0197. The van der Waals surface area contributed by atoms with Gasteiger partial charge in [-0.15, -0.1) is 0 Å². The number of carbonyl (C=O) groups is 3. The molecule has 3 atom stereocenters. The molecule has 0 radical (unpaired) electrons. The summed E-state index contributed by atoms with van der Waals surface area (Å²) in [6.45, 7) is 4.26. The summed E-state index contributed by atoms with van der Waals surface area (Å²) in [6, 6.07) is 0. The van der Waals surface area contributed by atoms with Crippen LogP contribution in [-0.2, 0) is 42.2 Å². The van der Waals surface area contributed by atoms with E-state index in [0.717, 1.165) is 116 Å². The second-order valence-electron chi connectivity index (χ2n) is 18.3. The van der Waals surface area contributed by atoms with Crippen LogP contribution in [0.1, 0.15) is 213 Å². The number of aliphatic hydroxyl groups is 1. The molecule has 74 heavy (non-hydrogen) atoms. The summed E-state index contributed by atoms with van der Waals surface area (Å²) in [6.07, 6.45) is 67.5. The summed E-state index contributed by atoms with van der Waals surface area (Å²) in [4.78, 5) is 48.5. The van der Waals surface area contributed by atoms with E-state index in [9.17, 15) is 28.9 Å². The van der Waals surface area contributed by atoms with Gasteiger partial charge in [0.2, 0.25) is 0 Å². The number of allylic oxidation sites excluding steroid dienone is 20. The van der Waals surface area contributed by atoms with Crippen LogP contribution in [0.15, 0.2) is 122 Å². The predicted octanol–water partition coefficient (Wildman–Crippen LogP) is 16.8. The number of aliphatic hydroxyl groups excluding tert-OH is 1. The first-order valence-corrected chi connectivity index (χ1v) is 29.9. The maximum atomic E-state index is 12.9. The van der Waals surface area contributed by atoms with Crippen LogP contribution < -0.4 is 0 Å². The molecule has 11 nitrogen and oxygen atoms in total. The van der Waals surface area contributed by atoms with Gasteiger partial charge in [-0.05, 0) is 116 Å². The van der Waals surface area contributed by atoms with E-state index in [0.29, 0.717) is 19.3 Å². The zero-order valence-electron chi connectivity index (χ0n) is 46.3. The molecular formula is C62H101O11P. The molecule has 0 aromatic carbocycles. The van der Waals surface area contributed by atoms with Gasteiger partial charge >= 0.3 is 25.7 Å². The predicted molar refractivity (Wildman–Crippen MR) is 306 cm³/mol. The summed E-state index contributed by atoms with van der Waals surface area (Å²) >= 11 is 0. The van der Waals surface area contributed by atoms with Crippen LogP contribution in [0.2, 0.25) is 0 Å². The minimum absolute atomic E-state index is 0.0475. The van der Waals surface area contributed by atoms with E-state index in [1.54, 1.807) is 0 Å². The minimum Gasteiger partial charge on any atom is -0.462 e. The molecule has 0 rings (SSSR count). The second-order valence-corrected chi connectivity index (χ2v) is 19.8. The Labute approximate surface area is 449 Å². The van der Waals surface area contributed by atoms with Crippen molar-refractivity contribution in [2.24, 2.45) is 0 Å². The molecule has 0 heterocycles. The third kappa shape index (κ3) is 52.7. The van der Waals surface area contributed by atoms with Crippen LogP contribution >= 0.6 is 7.82 Å². The second kappa shape index (κ2) is 55.1. The molecule has 12 heteroatoms. The van der Waals surface area contributed by atoms with E-state index in [1.165, 1.54) is 38.5 Å². The van der Waals surface area contributed by atoms with Crippen LogP contribution in [0, 0.1) is 0 Å². The average molecular weight is 1050 g/mol. The van der Waals surface area contributed by atoms with Crippen molar-refractivity contribution in [3.63, 3.8) is 0 Å². The Bertz CT molecular complexity index is 1700. The van der Waals surface area contributed by atoms with Gasteiger partial charge in [-0.1, -0.05) is 200 Å². The number of hydrogen-bond acceptors (Lipinski definition) is 10. The smallest absolute Gasteiger partial charge is 0.462 e. The highest BCUT2D eigenvalue weighted by atomic mass is 31.2. The lowest BCUT2D eigenvalue weighted by molar-refractivity contribution is -0.161. The fraction of sp³-hybridized carbons (Fsp3) is 0.629. The Kier molecular flexibility index (Phi) is 52.1. The summed E-state index contributed by atoms with van der Waals surface area (Å²) in [7, 11) is -4.78. The molecule has 3 unspecified atom stereocenters. The maximum absolute atomic E-state index is 12.9. The van der Waals surface area contributed by atoms with Gasteiger partial charge in [0.1, 0.15) is 12.7 Å². The number of ether oxygens (including phenoxy) is 3. The van der Waals surface area contributed by atoms with Crippen molar-refractivity contribution in [3.8, 4) is 0 Å². The molecule has 0 saturated carbocycles. The van der Waals surface area contributed by atoms with Gasteiger partial charge in [-0.3, -0.25) is 23.4 Å². The maximum Gasteiger partial charge on any atom is 0.472 e. The van der Waals surface area contributed by atoms with Crippen LogP contribution in [0.3, 0.4) is 0 Å². The van der Waals surface area contributed by atoms with E-state index < -0.39 is 57.8 Å². The third-order valence-corrected chi connectivity index (χ3v) is 12.3. The Morgan fingerprint density at radius 3 is 1.19 bits per heavy atom. The molecule has 0 bridgehead atoms. The fourth-order valence-corrected chi connectivity index (χ4v) is 7.88. The summed E-state index contributed by atoms with van der Waals surface area (Å²) in [5.74, 6) is -1.61. The third-order valence-electron chi connectivity index (χ3n) is 11.4. The van der Waals surface area contributed by atoms with Gasteiger partial charge in [0.05, 0.1) is 19.8 Å². The van der Waals surface area contributed by atoms with Crippen LogP contribution in [-0.4, -0.2) is 66.5 Å². The van der Waals surface area contributed by atoms with Crippen molar-refractivity contribution in [1.29, 1.82) is 0 Å². The summed E-state index contributed by atoms with van der Waals surface area (Å²) in [5, 5.41) is 9.78. The van der Waals surface area contributed by atoms with E-state index in [1.807, 2.05) is 18.2 Å². The SMILES string of the molecule is CC/C=C\C/C=C\C/C=C\C/C=C\C/C=C\CCCCCC(=O)OCC(COP(=O)(O)OCC(CO)OC(=O)CC/C=C\C/C=C\C/C=C\C/C=C\CC)OC(=O)CCCCCCC/C=C\CCCCCCCC. The van der Waals surface area contributed by atoms with E-state index in [-0.39, 0.29) is 25.9 Å². The summed E-state index contributed by atoms with van der Waals surface area (Å²) in [5.41, 5.74) is 0. The molecule has 0 spiro atoms. The van der Waals surface area contributed by atoms with E-state index in [4.69, 9.17) is 23.3 Å². The van der Waals surface area contributed by atoms with Gasteiger partial charge < -0.3 is 24.2 Å². The Morgan fingerprint density at radius 2 is 0.730 bits per heavy atom. The van der Waals surface area contributed by atoms with Gasteiger partial charge in [0.25, 0.3) is 0 Å². The molecule has 0 saturated heterocycles. The number of hydrogen-bond donors (Lipinski definition) is 2. The van der Waals surface area contributed by atoms with Crippen molar-refractivity contribution in [2.45, 2.75) is 226 Å². The highest BCUT2D eigenvalue weighted by Crippen LogP contribution is 2.43. The largest absolute Gasteiger partial charge is 0.472 e. The highest BCUT2D eigenvalue weighted by molar-refractivity contribution is 7.47. The molecule has 0 aliphatic rings. The molecule has 0 aromatic rings. The van der Waals surface area contributed by atoms with Gasteiger partial charge in [0.15, 0.2) is 6.10 Å². The number of phosphoric acid groups is 1. The van der Waals surface area contributed by atoms with Crippen LogP contribution in [0.4, 0.5) is 0 Å². The average Bonchev–Trinajstić information content (AvgIpc) is 3.39. The topological polar surface area (TPSA) is 155 Å². The fourth-order valence-electron chi connectivity index (χ4n) is 7.10. The first-order chi connectivity index (χ1) is 36.2. The molecule has 0 amide bonds. The molecule has 420 valence electrons. The molecular weight excluding hydrogens is 952 g/mol. The van der Waals surface area contributed by atoms with Crippen molar-refractivity contribution in [3.05, 3.63) is 122 Å². The van der Waals surface area contributed by atoms with Gasteiger partial charge in [0, 0.05) is 19.3 Å². The monoisotopic (exact) mass is 1050 g/mol. The Hall–Kier alpha value is -4.12. The van der Waals surface area contributed by atoms with Crippen LogP contribution in [0.25, 0.3) is 0 Å². The number of esters is 3. The zero-order chi connectivity index (χ0) is 54.1. The van der Waals surface area contributed by atoms with Gasteiger partial charge in [-0.25, -0.2) is 4.57 Å². The first kappa shape index (κ1) is 69.9. The standard InChI is InChI=1S/C62H101O11P/c1-4-7-10-13-16-19-22-25-27-28-29-30-32-34-36-39-42-45-48-51-60(64)69-55-59(73-62(66)53-50-47-44-41-38-35-31-26-23-20-17-14-11-8-5-2)57-71-74(67,68)70-56-58(54-63)72-61(65)52-49-46-43-40-37-33-24-21-18-15-12-9-6-3/h7,9-10,12,16,18-19,21,25-27,29-31,33-34,36-37,43,46,58-59,63H,4-6,8,11,13-15,17,20,22-24,28,32,35,38-42,44-45,47-57H2,1-3H3,(H,67,68)/b10-7-,12-9-,19-16-,21-18-,27-25-,30-29-,31-26-,36-34-,37-33-,46-43-. The summed E-state index contributed by atoms with van der Waals surface area (Å²) < 4.78 is 39.4. The first-order valence-electron chi connectivity index (χ1n) is 28.4. The van der Waals surface area contributed by atoms with Crippen molar-refractivity contribution in [2.75, 3.05) is 26.4 Å². The number of rotatable bonds is 51. The van der Waals surface area contributed by atoms with Crippen molar-refractivity contribution < 1.29 is 52.2 Å². The molecule has 0 aromatic heterocycles. The van der Waals surface area contributed by atoms with Crippen molar-refractivity contribution in [1.82, 2.24) is 0 Å². The molecule has 0 aliphatic carbocycles. The Balaban J connectivity index is 4.87. The lowest BCUT2D eigenvalue weighted by atomic mass is 10.1. The number of carbonyl (C=O) groups excluding carboxylic acids is 3. The normalized spacial score (nSPS) is 14.3. The lowest BCUT2D eigenvalue weighted by Gasteiger charge is -2.21. The zero-order valence-corrected chi connectivity index (χ0v) is 47.2. The molecule has 0 fully saturated rings. The van der Waals surface area contributed by atoms with Crippen LogP contribution in [0.5, 0.6) is 0 Å². The van der Waals surface area contributed by atoms with Crippen molar-refractivity contribution >= 4 is 25.7 Å².